The molecule has 22 heavy (non-hydrogen) atoms. The van der Waals surface area contributed by atoms with Crippen LogP contribution in [0.2, 0.25) is 0 Å². The first-order valence-electron chi connectivity index (χ1n) is 6.94. The van der Waals surface area contributed by atoms with E-state index in [9.17, 15) is 8.42 Å². The highest BCUT2D eigenvalue weighted by molar-refractivity contribution is 7.92. The highest BCUT2D eigenvalue weighted by atomic mass is 32.2. The lowest BCUT2D eigenvalue weighted by molar-refractivity contribution is 0.304. The number of nitrogens with zero attached hydrogens (tertiary/aromatic N) is 1. The van der Waals surface area contributed by atoms with Gasteiger partial charge in [0.25, 0.3) is 10.0 Å². The predicted molar refractivity (Wildman–Crippen MR) is 88.8 cm³/mol. The summed E-state index contributed by atoms with van der Waals surface area (Å²) in [7, 11) is -1.71. The number of hydrogen-bond donors (Lipinski definition) is 2. The third-order valence-corrected chi connectivity index (χ3v) is 4.72. The van der Waals surface area contributed by atoms with E-state index in [0.717, 1.165) is 11.3 Å². The van der Waals surface area contributed by atoms with Gasteiger partial charge in [-0.3, -0.25) is 4.72 Å². The average Bonchev–Trinajstić information content (AvgIpc) is 2.48. The zero-order chi connectivity index (χ0) is 16.2. The number of aryl methyl sites for hydroxylation is 1. The third-order valence-electron chi connectivity index (χ3n) is 3.33. The highest BCUT2D eigenvalue weighted by Crippen LogP contribution is 2.20. The van der Waals surface area contributed by atoms with Crippen LogP contribution in [0.15, 0.2) is 53.4 Å². The molecule has 2 N–H and O–H groups in total. The molecule has 0 spiro atoms. The van der Waals surface area contributed by atoms with Crippen LogP contribution in [0.25, 0.3) is 0 Å². The quantitative estimate of drug-likeness (QED) is 0.856. The van der Waals surface area contributed by atoms with Crippen molar-refractivity contribution >= 4 is 21.4 Å². The van der Waals surface area contributed by atoms with Gasteiger partial charge in [-0.05, 0) is 43.3 Å². The molecular formula is C16H20N2O3S. The zero-order valence-corrected chi connectivity index (χ0v) is 13.5. The average molecular weight is 320 g/mol. The lowest BCUT2D eigenvalue weighted by Crippen LogP contribution is -2.21. The molecule has 0 atom stereocenters. The summed E-state index contributed by atoms with van der Waals surface area (Å²) in [5.74, 6) is 0. The lowest BCUT2D eigenvalue weighted by atomic mass is 10.2. The number of likely N-dealkylation sites (N-methyl/N-ethyl adjacent to an activating group) is 1. The second-order valence-corrected chi connectivity index (χ2v) is 6.79. The van der Waals surface area contributed by atoms with Crippen molar-refractivity contribution in [3.63, 3.8) is 0 Å². The molecule has 0 aliphatic heterocycles. The minimum Gasteiger partial charge on any atom is -0.395 e. The molecule has 0 bridgehead atoms. The summed E-state index contributed by atoms with van der Waals surface area (Å²) in [6.07, 6.45) is 0. The summed E-state index contributed by atoms with van der Waals surface area (Å²) >= 11 is 0. The van der Waals surface area contributed by atoms with Crippen molar-refractivity contribution in [1.82, 2.24) is 0 Å². The molecule has 6 heteroatoms. The Balaban J connectivity index is 2.14. The van der Waals surface area contributed by atoms with Crippen molar-refractivity contribution in [2.75, 3.05) is 29.8 Å². The van der Waals surface area contributed by atoms with Crippen molar-refractivity contribution in [2.24, 2.45) is 0 Å². The van der Waals surface area contributed by atoms with E-state index in [1.54, 1.807) is 36.4 Å². The number of nitrogens with one attached hydrogen (secondary N) is 1. The maximum atomic E-state index is 12.3. The van der Waals surface area contributed by atoms with E-state index >= 15 is 0 Å². The Hall–Kier alpha value is -2.05. The molecule has 2 aromatic carbocycles. The van der Waals surface area contributed by atoms with Crippen molar-refractivity contribution in [3.8, 4) is 0 Å². The lowest BCUT2D eigenvalue weighted by Gasteiger charge is -2.18. The van der Waals surface area contributed by atoms with E-state index in [0.29, 0.717) is 12.2 Å². The van der Waals surface area contributed by atoms with Gasteiger partial charge in [-0.1, -0.05) is 17.7 Å². The number of benzene rings is 2. The van der Waals surface area contributed by atoms with Gasteiger partial charge in [0.05, 0.1) is 11.5 Å². The molecule has 0 amide bonds. The summed E-state index contributed by atoms with van der Waals surface area (Å²) < 4.78 is 27.1. The fourth-order valence-electron chi connectivity index (χ4n) is 1.99. The SMILES string of the molecule is Cc1ccc(S(=O)(=O)Nc2ccc(N(C)CCO)cc2)cc1. The predicted octanol–water partition coefficient (Wildman–Crippen LogP) is 2.22. The normalized spacial score (nSPS) is 11.2. The molecule has 0 aliphatic rings. The fourth-order valence-corrected chi connectivity index (χ4v) is 3.05. The summed E-state index contributed by atoms with van der Waals surface area (Å²) in [5.41, 5.74) is 2.42. The number of anilines is 2. The molecule has 2 rings (SSSR count). The van der Waals surface area contributed by atoms with Crippen LogP contribution >= 0.6 is 0 Å². The Kier molecular flexibility index (Phi) is 5.05. The maximum Gasteiger partial charge on any atom is 0.261 e. The van der Waals surface area contributed by atoms with E-state index < -0.39 is 10.0 Å². The van der Waals surface area contributed by atoms with Gasteiger partial charge in [-0.15, -0.1) is 0 Å². The minimum absolute atomic E-state index is 0.0678. The second kappa shape index (κ2) is 6.81. The Morgan fingerprint density at radius 2 is 1.64 bits per heavy atom. The maximum absolute atomic E-state index is 12.3. The van der Waals surface area contributed by atoms with Gasteiger partial charge in [0, 0.05) is 25.0 Å². The molecule has 0 saturated heterocycles. The highest BCUT2D eigenvalue weighted by Gasteiger charge is 2.13. The van der Waals surface area contributed by atoms with Gasteiger partial charge < -0.3 is 10.0 Å². The van der Waals surface area contributed by atoms with Crippen LogP contribution < -0.4 is 9.62 Å². The van der Waals surface area contributed by atoms with Crippen LogP contribution in [0, 0.1) is 6.92 Å². The van der Waals surface area contributed by atoms with Crippen molar-refractivity contribution in [2.45, 2.75) is 11.8 Å². The summed E-state index contributed by atoms with van der Waals surface area (Å²) in [6, 6.07) is 13.7. The molecule has 0 aromatic heterocycles. The molecule has 0 aliphatic carbocycles. The van der Waals surface area contributed by atoms with Crippen molar-refractivity contribution in [3.05, 3.63) is 54.1 Å². The largest absolute Gasteiger partial charge is 0.395 e. The first kappa shape index (κ1) is 16.3. The Bertz CT molecular complexity index is 710. The van der Waals surface area contributed by atoms with E-state index in [1.165, 1.54) is 0 Å². The number of aliphatic hydroxyl groups excluding tert-OH is 1. The number of sulfonamides is 1. The van der Waals surface area contributed by atoms with E-state index in [4.69, 9.17) is 5.11 Å². The first-order chi connectivity index (χ1) is 10.4. The summed E-state index contributed by atoms with van der Waals surface area (Å²) in [6.45, 7) is 2.50. The minimum atomic E-state index is -3.58. The van der Waals surface area contributed by atoms with Gasteiger partial charge >= 0.3 is 0 Å². The molecule has 118 valence electrons. The van der Waals surface area contributed by atoms with Crippen LogP contribution in [-0.4, -0.2) is 33.7 Å². The van der Waals surface area contributed by atoms with Gasteiger partial charge in [-0.2, -0.15) is 0 Å². The standard InChI is InChI=1S/C16H20N2O3S/c1-13-3-9-16(10-4-13)22(20,21)17-14-5-7-15(8-6-14)18(2)11-12-19/h3-10,17,19H,11-12H2,1-2H3. The Morgan fingerprint density at radius 3 is 2.18 bits per heavy atom. The number of hydrogen-bond acceptors (Lipinski definition) is 4. The molecule has 0 unspecified atom stereocenters. The topological polar surface area (TPSA) is 69.6 Å². The van der Waals surface area contributed by atoms with E-state index in [1.807, 2.05) is 31.0 Å². The van der Waals surface area contributed by atoms with Crippen molar-refractivity contribution < 1.29 is 13.5 Å². The monoisotopic (exact) mass is 320 g/mol. The smallest absolute Gasteiger partial charge is 0.261 e. The molecule has 0 radical (unpaired) electrons. The molecule has 0 heterocycles. The van der Waals surface area contributed by atoms with Gasteiger partial charge in [-0.25, -0.2) is 8.42 Å². The zero-order valence-electron chi connectivity index (χ0n) is 12.7. The molecule has 2 aromatic rings. The summed E-state index contributed by atoms with van der Waals surface area (Å²) in [5, 5.41) is 8.92. The molecule has 5 nitrogen and oxygen atoms in total. The van der Waals surface area contributed by atoms with Gasteiger partial charge in [0.15, 0.2) is 0 Å². The van der Waals surface area contributed by atoms with Gasteiger partial charge in [0.2, 0.25) is 0 Å². The Morgan fingerprint density at radius 1 is 1.05 bits per heavy atom. The van der Waals surface area contributed by atoms with Crippen LogP contribution in [0.1, 0.15) is 5.56 Å². The van der Waals surface area contributed by atoms with E-state index in [-0.39, 0.29) is 11.5 Å². The number of rotatable bonds is 6. The van der Waals surface area contributed by atoms with E-state index in [2.05, 4.69) is 4.72 Å². The third kappa shape index (κ3) is 3.99. The van der Waals surface area contributed by atoms with Crippen LogP contribution in [0.5, 0.6) is 0 Å². The first-order valence-corrected chi connectivity index (χ1v) is 8.42. The Labute approximate surface area is 131 Å². The van der Waals surface area contributed by atoms with Gasteiger partial charge in [0.1, 0.15) is 0 Å². The van der Waals surface area contributed by atoms with Crippen molar-refractivity contribution in [1.29, 1.82) is 0 Å². The number of aliphatic hydroxyl groups is 1. The molecular weight excluding hydrogens is 300 g/mol. The fraction of sp³-hybridized carbons (Fsp3) is 0.250. The molecule has 0 saturated carbocycles. The molecule has 0 fully saturated rings. The summed E-state index contributed by atoms with van der Waals surface area (Å²) in [4.78, 5) is 2.12. The van der Waals surface area contributed by atoms with Crippen LogP contribution in [0.4, 0.5) is 11.4 Å². The second-order valence-electron chi connectivity index (χ2n) is 5.11. The van der Waals surface area contributed by atoms with Crippen LogP contribution in [0.3, 0.4) is 0 Å². The van der Waals surface area contributed by atoms with Crippen LogP contribution in [-0.2, 0) is 10.0 Å².